The molecule has 0 aliphatic rings. The minimum Gasteiger partial charge on any atom is -0.208 e. The van der Waals surface area contributed by atoms with Crippen molar-refractivity contribution in [3.05, 3.63) is 267 Å². The molecular formula is C66H44N6. The predicted octanol–water partition coefficient (Wildman–Crippen LogP) is 16.4. The molecule has 0 fully saturated rings. The quantitative estimate of drug-likeness (QED) is 0.129. The van der Waals surface area contributed by atoms with Crippen molar-refractivity contribution in [2.24, 2.45) is 0 Å². The monoisotopic (exact) mass is 920 g/mol. The lowest BCUT2D eigenvalue weighted by Crippen LogP contribution is -2.01. The second-order valence-corrected chi connectivity index (χ2v) is 17.5. The molecule has 0 amide bonds. The Morgan fingerprint density at radius 1 is 0.139 bits per heavy atom. The Labute approximate surface area is 418 Å². The number of nitrogens with zero attached hydrogens (tertiary/aromatic N) is 6. The zero-order valence-corrected chi connectivity index (χ0v) is 39.1. The van der Waals surface area contributed by atoms with Gasteiger partial charge in [0.1, 0.15) is 0 Å². The Kier molecular flexibility index (Phi) is 11.9. The Bertz CT molecular complexity index is 3600. The van der Waals surface area contributed by atoms with E-state index in [2.05, 4.69) is 182 Å². The third kappa shape index (κ3) is 9.11. The maximum absolute atomic E-state index is 5.17. The van der Waals surface area contributed by atoms with Gasteiger partial charge >= 0.3 is 0 Å². The van der Waals surface area contributed by atoms with Crippen molar-refractivity contribution < 1.29 is 0 Å². The van der Waals surface area contributed by atoms with Crippen LogP contribution >= 0.6 is 0 Å². The van der Waals surface area contributed by atoms with E-state index in [0.717, 1.165) is 89.0 Å². The first-order valence-corrected chi connectivity index (χ1v) is 24.0. The molecule has 0 unspecified atom stereocenters. The Balaban J connectivity index is 0.880. The van der Waals surface area contributed by atoms with E-state index >= 15 is 0 Å². The summed E-state index contributed by atoms with van der Waals surface area (Å²) in [5.74, 6) is 3.70. The maximum Gasteiger partial charge on any atom is 0.164 e. The maximum atomic E-state index is 5.17. The van der Waals surface area contributed by atoms with E-state index in [1.165, 1.54) is 0 Å². The van der Waals surface area contributed by atoms with Crippen molar-refractivity contribution in [3.63, 3.8) is 0 Å². The van der Waals surface area contributed by atoms with Gasteiger partial charge in [0.25, 0.3) is 0 Å². The van der Waals surface area contributed by atoms with Crippen LogP contribution in [-0.2, 0) is 0 Å². The predicted molar refractivity (Wildman–Crippen MR) is 293 cm³/mol. The molecule has 10 aromatic carbocycles. The van der Waals surface area contributed by atoms with Crippen molar-refractivity contribution in [2.45, 2.75) is 0 Å². The van der Waals surface area contributed by atoms with Crippen LogP contribution in [0.15, 0.2) is 267 Å². The van der Waals surface area contributed by atoms with Crippen LogP contribution in [0.1, 0.15) is 0 Å². The molecule has 0 spiro atoms. The zero-order chi connectivity index (χ0) is 48.1. The van der Waals surface area contributed by atoms with Crippen LogP contribution in [0.5, 0.6) is 0 Å². The molecule has 0 bridgehead atoms. The largest absolute Gasteiger partial charge is 0.208 e. The van der Waals surface area contributed by atoms with Crippen molar-refractivity contribution in [1.29, 1.82) is 0 Å². The van der Waals surface area contributed by atoms with Crippen LogP contribution in [0.25, 0.3) is 124 Å². The van der Waals surface area contributed by atoms with E-state index < -0.39 is 0 Å². The van der Waals surface area contributed by atoms with Gasteiger partial charge in [-0.25, -0.2) is 29.9 Å². The van der Waals surface area contributed by atoms with E-state index in [4.69, 9.17) is 29.9 Å². The third-order valence-electron chi connectivity index (χ3n) is 12.8. The summed E-state index contributed by atoms with van der Waals surface area (Å²) >= 11 is 0. The third-order valence-corrected chi connectivity index (χ3v) is 12.8. The topological polar surface area (TPSA) is 77.3 Å². The highest BCUT2D eigenvalue weighted by Crippen LogP contribution is 2.37. The molecule has 0 saturated carbocycles. The molecule has 72 heavy (non-hydrogen) atoms. The van der Waals surface area contributed by atoms with Gasteiger partial charge in [-0.05, 0) is 79.9 Å². The van der Waals surface area contributed by atoms with Crippen molar-refractivity contribution in [1.82, 2.24) is 29.9 Å². The van der Waals surface area contributed by atoms with Gasteiger partial charge in [-0.1, -0.05) is 243 Å². The average molecular weight is 921 g/mol. The summed E-state index contributed by atoms with van der Waals surface area (Å²) in [7, 11) is 0. The first kappa shape index (κ1) is 43.5. The number of aromatic nitrogens is 6. The van der Waals surface area contributed by atoms with Crippen LogP contribution in [0, 0.1) is 0 Å². The second kappa shape index (κ2) is 19.7. The lowest BCUT2D eigenvalue weighted by Gasteiger charge is -2.13. The molecule has 338 valence electrons. The highest BCUT2D eigenvalue weighted by molar-refractivity contribution is 5.85. The molecule has 0 aliphatic heterocycles. The first-order valence-electron chi connectivity index (χ1n) is 24.0. The standard InChI is InChI=1S/C66H44N6/c1-5-21-45(22-6-1)57-37-13-15-39-59(57)65-69-61(47-25-9-3-10-26-47)67-63(71-65)55-35-19-33-53(43-55)51-31-17-29-49(41-51)50-30-18-32-52(42-50)54-34-20-36-56(44-54)64-68-62(48-27-11-4-12-28-48)70-66(72-64)60-40-16-14-38-58(60)46-23-7-2-8-24-46/h1-44H. The number of rotatable bonds is 11. The lowest BCUT2D eigenvalue weighted by atomic mass is 9.95. The SMILES string of the molecule is c1ccc(-c2nc(-c3cccc(-c4cccc(-c5cccc(-c6cccc(-c7nc(-c8ccccc8)nc(-c8ccccc8-c8ccccc8)n7)c6)c5)c4)c3)nc(-c3ccccc3-c3ccccc3)n2)cc1. The molecule has 12 rings (SSSR count). The van der Waals surface area contributed by atoms with Crippen LogP contribution in [0.4, 0.5) is 0 Å². The minimum atomic E-state index is 0.608. The fraction of sp³-hybridized carbons (Fsp3) is 0. The van der Waals surface area contributed by atoms with Gasteiger partial charge in [-0.2, -0.15) is 0 Å². The summed E-state index contributed by atoms with van der Waals surface area (Å²) < 4.78 is 0. The first-order chi connectivity index (χ1) is 35.7. The molecule has 0 atom stereocenters. The number of hydrogen-bond donors (Lipinski definition) is 0. The summed E-state index contributed by atoms with van der Waals surface area (Å²) in [6.07, 6.45) is 0. The second-order valence-electron chi connectivity index (χ2n) is 17.5. The van der Waals surface area contributed by atoms with Crippen molar-refractivity contribution in [2.75, 3.05) is 0 Å². The van der Waals surface area contributed by atoms with Gasteiger partial charge in [-0.3, -0.25) is 0 Å². The van der Waals surface area contributed by atoms with Crippen LogP contribution in [0.3, 0.4) is 0 Å². The van der Waals surface area contributed by atoms with E-state index in [-0.39, 0.29) is 0 Å². The summed E-state index contributed by atoms with van der Waals surface area (Å²) in [6.45, 7) is 0. The Morgan fingerprint density at radius 3 is 0.667 bits per heavy atom. The summed E-state index contributed by atoms with van der Waals surface area (Å²) in [6, 6.07) is 91.9. The lowest BCUT2D eigenvalue weighted by molar-refractivity contribution is 1.07. The molecule has 0 saturated heterocycles. The average Bonchev–Trinajstić information content (AvgIpc) is 3.48. The summed E-state index contributed by atoms with van der Waals surface area (Å²) in [4.78, 5) is 30.6. The van der Waals surface area contributed by atoms with Gasteiger partial charge in [0.15, 0.2) is 34.9 Å². The van der Waals surface area contributed by atoms with E-state index in [9.17, 15) is 0 Å². The van der Waals surface area contributed by atoms with Gasteiger partial charge in [-0.15, -0.1) is 0 Å². The molecule has 6 nitrogen and oxygen atoms in total. The highest BCUT2D eigenvalue weighted by Gasteiger charge is 2.18. The highest BCUT2D eigenvalue weighted by atomic mass is 15.0. The van der Waals surface area contributed by atoms with Gasteiger partial charge in [0.05, 0.1) is 0 Å². The summed E-state index contributed by atoms with van der Waals surface area (Å²) in [5.41, 5.74) is 16.4. The van der Waals surface area contributed by atoms with E-state index in [0.29, 0.717) is 34.9 Å². The van der Waals surface area contributed by atoms with Crippen LogP contribution in [-0.4, -0.2) is 29.9 Å². The Morgan fingerprint density at radius 2 is 0.347 bits per heavy atom. The minimum absolute atomic E-state index is 0.608. The van der Waals surface area contributed by atoms with E-state index in [1.807, 2.05) is 84.9 Å². The number of hydrogen-bond acceptors (Lipinski definition) is 6. The molecule has 6 heteroatoms. The Hall–Kier alpha value is -9.78. The zero-order valence-electron chi connectivity index (χ0n) is 39.1. The smallest absolute Gasteiger partial charge is 0.164 e. The number of benzene rings is 10. The summed E-state index contributed by atoms with van der Waals surface area (Å²) in [5, 5.41) is 0. The van der Waals surface area contributed by atoms with Crippen LogP contribution < -0.4 is 0 Å². The molecule has 12 aromatic rings. The molecule has 2 aromatic heterocycles. The van der Waals surface area contributed by atoms with Gasteiger partial charge in [0, 0.05) is 33.4 Å². The van der Waals surface area contributed by atoms with Crippen molar-refractivity contribution in [3.8, 4) is 124 Å². The fourth-order valence-electron chi connectivity index (χ4n) is 9.21. The van der Waals surface area contributed by atoms with E-state index in [1.54, 1.807) is 0 Å². The van der Waals surface area contributed by atoms with Gasteiger partial charge in [0.2, 0.25) is 0 Å². The normalized spacial score (nSPS) is 11.1. The molecule has 2 heterocycles. The van der Waals surface area contributed by atoms with Crippen molar-refractivity contribution >= 4 is 0 Å². The molecule has 0 radical (unpaired) electrons. The molecular weight excluding hydrogens is 877 g/mol. The van der Waals surface area contributed by atoms with Gasteiger partial charge < -0.3 is 0 Å². The molecule has 0 N–H and O–H groups in total. The van der Waals surface area contributed by atoms with Crippen LogP contribution in [0.2, 0.25) is 0 Å². The molecule has 0 aliphatic carbocycles. The fourth-order valence-corrected chi connectivity index (χ4v) is 9.21.